The van der Waals surface area contributed by atoms with Gasteiger partial charge in [0.15, 0.2) is 0 Å². The van der Waals surface area contributed by atoms with Crippen LogP contribution in [0.5, 0.6) is 0 Å². The van der Waals surface area contributed by atoms with Crippen LogP contribution in [0.25, 0.3) is 0 Å². The van der Waals surface area contributed by atoms with Crippen LogP contribution in [0.15, 0.2) is 11.8 Å². The van der Waals surface area contributed by atoms with Gasteiger partial charge in [-0.1, -0.05) is 0 Å². The van der Waals surface area contributed by atoms with Gasteiger partial charge in [0.1, 0.15) is 11.9 Å². The number of aliphatic hydroxyl groups excluding tert-OH is 2. The fraction of sp³-hybridized carbons (Fsp3) is 0.778. The summed E-state index contributed by atoms with van der Waals surface area (Å²) in [5.74, 6) is 0.861. The first kappa shape index (κ1) is 8.08. The Bertz CT molecular complexity index is 196. The molecule has 0 bridgehead atoms. The first-order valence-corrected chi connectivity index (χ1v) is 4.48. The third-order valence-electron chi connectivity index (χ3n) is 2.45. The minimum Gasteiger partial charge on any atom is -0.495 e. The molecule has 12 heavy (non-hydrogen) atoms. The van der Waals surface area contributed by atoms with Gasteiger partial charge >= 0.3 is 0 Å². The molecule has 0 aromatic rings. The monoisotopic (exact) mass is 170 g/mol. The van der Waals surface area contributed by atoms with Crippen molar-refractivity contribution in [1.29, 1.82) is 0 Å². The number of rotatable bonds is 3. The Morgan fingerprint density at radius 2 is 2.17 bits per heavy atom. The van der Waals surface area contributed by atoms with Gasteiger partial charge in [-0.15, -0.1) is 0 Å². The zero-order valence-corrected chi connectivity index (χ0v) is 6.94. The lowest BCUT2D eigenvalue weighted by molar-refractivity contribution is -0.00263. The van der Waals surface area contributed by atoms with Crippen molar-refractivity contribution >= 4 is 0 Å². The summed E-state index contributed by atoms with van der Waals surface area (Å²) in [4.78, 5) is 0. The van der Waals surface area contributed by atoms with E-state index in [1.165, 1.54) is 0 Å². The predicted octanol–water partition coefficient (Wildman–Crippen LogP) is 0.422. The second-order valence-corrected chi connectivity index (χ2v) is 3.52. The maximum absolute atomic E-state index is 9.58. The van der Waals surface area contributed by atoms with Crippen LogP contribution in [0.3, 0.4) is 0 Å². The van der Waals surface area contributed by atoms with Crippen LogP contribution in [0.1, 0.15) is 19.3 Å². The van der Waals surface area contributed by atoms with Crippen molar-refractivity contribution < 1.29 is 14.9 Å². The van der Waals surface area contributed by atoms with E-state index in [1.807, 2.05) is 6.08 Å². The molecule has 1 aliphatic heterocycles. The SMILES string of the molecule is OC(C1=CCCO1)C(O)C1CC1. The molecule has 3 nitrogen and oxygen atoms in total. The number of hydrogen-bond acceptors (Lipinski definition) is 3. The lowest BCUT2D eigenvalue weighted by atomic mass is 10.1. The van der Waals surface area contributed by atoms with Gasteiger partial charge in [-0.25, -0.2) is 0 Å². The van der Waals surface area contributed by atoms with Crippen molar-refractivity contribution in [3.63, 3.8) is 0 Å². The Labute approximate surface area is 71.7 Å². The van der Waals surface area contributed by atoms with Crippen molar-refractivity contribution in [2.45, 2.75) is 31.5 Å². The van der Waals surface area contributed by atoms with Crippen molar-refractivity contribution in [3.05, 3.63) is 11.8 Å². The second kappa shape index (κ2) is 3.07. The molecule has 0 saturated heterocycles. The quantitative estimate of drug-likeness (QED) is 0.645. The standard InChI is InChI=1S/C9H14O3/c10-8(6-3-4-6)9(11)7-2-1-5-12-7/h2,6,8-11H,1,3-5H2. The summed E-state index contributed by atoms with van der Waals surface area (Å²) < 4.78 is 5.16. The Morgan fingerprint density at radius 3 is 2.67 bits per heavy atom. The van der Waals surface area contributed by atoms with Gasteiger partial charge < -0.3 is 14.9 Å². The third kappa shape index (κ3) is 1.47. The summed E-state index contributed by atoms with van der Waals surface area (Å²) in [6.45, 7) is 0.643. The first-order chi connectivity index (χ1) is 5.79. The molecule has 2 atom stereocenters. The highest BCUT2D eigenvalue weighted by Gasteiger charge is 2.37. The summed E-state index contributed by atoms with van der Waals surface area (Å²) in [5, 5.41) is 19.1. The van der Waals surface area contributed by atoms with Crippen molar-refractivity contribution in [2.75, 3.05) is 6.61 Å². The van der Waals surface area contributed by atoms with E-state index < -0.39 is 12.2 Å². The maximum atomic E-state index is 9.58. The lowest BCUT2D eigenvalue weighted by Gasteiger charge is -2.17. The molecule has 1 aliphatic carbocycles. The Hall–Kier alpha value is -0.540. The molecule has 1 saturated carbocycles. The van der Waals surface area contributed by atoms with Crippen LogP contribution in [0, 0.1) is 5.92 Å². The summed E-state index contributed by atoms with van der Waals surface area (Å²) in [6, 6.07) is 0. The summed E-state index contributed by atoms with van der Waals surface area (Å²) >= 11 is 0. The predicted molar refractivity (Wildman–Crippen MR) is 43.4 cm³/mol. The van der Waals surface area contributed by atoms with Crippen LogP contribution >= 0.6 is 0 Å². The van der Waals surface area contributed by atoms with E-state index in [-0.39, 0.29) is 0 Å². The van der Waals surface area contributed by atoms with Gasteiger partial charge in [-0.05, 0) is 24.8 Å². The van der Waals surface area contributed by atoms with Gasteiger partial charge in [0.25, 0.3) is 0 Å². The average Bonchev–Trinajstić information content (AvgIpc) is 2.79. The zero-order valence-electron chi connectivity index (χ0n) is 6.94. The molecule has 1 heterocycles. The molecular weight excluding hydrogens is 156 g/mol. The third-order valence-corrected chi connectivity index (χ3v) is 2.45. The number of aliphatic hydroxyl groups is 2. The van der Waals surface area contributed by atoms with E-state index in [1.54, 1.807) is 0 Å². The maximum Gasteiger partial charge on any atom is 0.137 e. The molecular formula is C9H14O3. The highest BCUT2D eigenvalue weighted by Crippen LogP contribution is 2.35. The molecule has 0 radical (unpaired) electrons. The van der Waals surface area contributed by atoms with Gasteiger partial charge in [0.05, 0.1) is 12.7 Å². The number of hydrogen-bond donors (Lipinski definition) is 2. The van der Waals surface area contributed by atoms with Crippen molar-refractivity contribution in [3.8, 4) is 0 Å². The molecule has 2 N–H and O–H groups in total. The smallest absolute Gasteiger partial charge is 0.137 e. The molecule has 1 fully saturated rings. The highest BCUT2D eigenvalue weighted by atomic mass is 16.5. The van der Waals surface area contributed by atoms with Crippen molar-refractivity contribution in [1.82, 2.24) is 0 Å². The Kier molecular flexibility index (Phi) is 2.07. The lowest BCUT2D eigenvalue weighted by Crippen LogP contribution is -2.29. The van der Waals surface area contributed by atoms with Crippen LogP contribution < -0.4 is 0 Å². The largest absolute Gasteiger partial charge is 0.495 e. The van der Waals surface area contributed by atoms with Gasteiger partial charge in [-0.2, -0.15) is 0 Å². The first-order valence-electron chi connectivity index (χ1n) is 4.48. The summed E-state index contributed by atoms with van der Waals surface area (Å²) in [7, 11) is 0. The van der Waals surface area contributed by atoms with Crippen LogP contribution in [-0.2, 0) is 4.74 Å². The number of ether oxygens (including phenoxy) is 1. The molecule has 3 heteroatoms. The molecule has 68 valence electrons. The minimum atomic E-state index is -0.792. The molecule has 2 unspecified atom stereocenters. The van der Waals surface area contributed by atoms with E-state index >= 15 is 0 Å². The minimum absolute atomic E-state index is 0.296. The van der Waals surface area contributed by atoms with Gasteiger partial charge in [0.2, 0.25) is 0 Å². The van der Waals surface area contributed by atoms with Gasteiger partial charge in [0, 0.05) is 6.42 Å². The van der Waals surface area contributed by atoms with Gasteiger partial charge in [-0.3, -0.25) is 0 Å². The highest BCUT2D eigenvalue weighted by molar-refractivity contribution is 5.08. The van der Waals surface area contributed by atoms with Crippen LogP contribution in [-0.4, -0.2) is 29.0 Å². The molecule has 2 rings (SSSR count). The molecule has 0 amide bonds. The average molecular weight is 170 g/mol. The van der Waals surface area contributed by atoms with Crippen LogP contribution in [0.2, 0.25) is 0 Å². The molecule has 0 spiro atoms. The zero-order chi connectivity index (χ0) is 8.55. The second-order valence-electron chi connectivity index (χ2n) is 3.52. The molecule has 0 aromatic carbocycles. The summed E-state index contributed by atoms with van der Waals surface area (Å²) in [6.07, 6.45) is 3.37. The topological polar surface area (TPSA) is 49.7 Å². The van der Waals surface area contributed by atoms with E-state index in [0.717, 1.165) is 19.3 Å². The fourth-order valence-electron chi connectivity index (χ4n) is 1.51. The van der Waals surface area contributed by atoms with Crippen LogP contribution in [0.4, 0.5) is 0 Å². The molecule has 0 aromatic heterocycles. The van der Waals surface area contributed by atoms with E-state index in [9.17, 15) is 10.2 Å². The van der Waals surface area contributed by atoms with Crippen molar-refractivity contribution in [2.24, 2.45) is 5.92 Å². The Balaban J connectivity index is 1.93. The fourth-order valence-corrected chi connectivity index (χ4v) is 1.51. The van der Waals surface area contributed by atoms with E-state index in [0.29, 0.717) is 18.3 Å². The molecule has 2 aliphatic rings. The van der Waals surface area contributed by atoms with E-state index in [2.05, 4.69) is 0 Å². The normalized spacial score (nSPS) is 27.7. The van der Waals surface area contributed by atoms with E-state index in [4.69, 9.17) is 4.74 Å². The Morgan fingerprint density at radius 1 is 1.42 bits per heavy atom. The summed E-state index contributed by atoms with van der Waals surface area (Å²) in [5.41, 5.74) is 0.